The van der Waals surface area contributed by atoms with Crippen molar-refractivity contribution < 1.29 is 4.39 Å². The molecule has 2 aromatic carbocycles. The summed E-state index contributed by atoms with van der Waals surface area (Å²) in [6.45, 7) is 1.55. The number of nitrogens with two attached hydrogens (primary N) is 2. The van der Waals surface area contributed by atoms with Gasteiger partial charge in [-0.25, -0.2) is 14.4 Å². The largest absolute Gasteiger partial charge is 0.383 e. The van der Waals surface area contributed by atoms with Crippen molar-refractivity contribution in [3.8, 4) is 11.1 Å². The average Bonchev–Trinajstić information content (AvgIpc) is 3.35. The Bertz CT molecular complexity index is 1320. The summed E-state index contributed by atoms with van der Waals surface area (Å²) >= 11 is 7.87. The van der Waals surface area contributed by atoms with Crippen molar-refractivity contribution >= 4 is 61.0 Å². The topological polar surface area (TPSA) is 97.2 Å². The van der Waals surface area contributed by atoms with Crippen LogP contribution in [0.2, 0.25) is 5.02 Å². The van der Waals surface area contributed by atoms with Crippen LogP contribution < -0.4 is 16.4 Å². The Morgan fingerprint density at radius 3 is 2.74 bits per heavy atom. The van der Waals surface area contributed by atoms with E-state index in [0.29, 0.717) is 33.6 Å². The third kappa shape index (κ3) is 3.33. The van der Waals surface area contributed by atoms with E-state index >= 15 is 4.39 Å². The number of hydrogen-bond acceptors (Lipinski definition) is 8. The minimum Gasteiger partial charge on any atom is -0.383 e. The Labute approximate surface area is 187 Å². The number of halogens is 2. The molecule has 4 aromatic rings. The molecule has 10 heteroatoms. The molecule has 3 heterocycles. The number of aromatic nitrogens is 3. The van der Waals surface area contributed by atoms with Gasteiger partial charge < -0.3 is 21.3 Å². The molecule has 7 nitrogen and oxygen atoms in total. The second-order valence-corrected chi connectivity index (χ2v) is 9.38. The predicted octanol–water partition coefficient (Wildman–Crippen LogP) is 4.00. The quantitative estimate of drug-likeness (QED) is 0.479. The number of thiazole rings is 1. The van der Waals surface area contributed by atoms with E-state index in [1.165, 1.54) is 11.3 Å². The Morgan fingerprint density at radius 2 is 2.00 bits per heavy atom. The molecule has 4 N–H and O–H groups in total. The van der Waals surface area contributed by atoms with E-state index in [4.69, 9.17) is 23.1 Å². The highest BCUT2D eigenvalue weighted by molar-refractivity contribution is 7.22. The van der Waals surface area contributed by atoms with Crippen LogP contribution in [0.1, 0.15) is 6.42 Å². The summed E-state index contributed by atoms with van der Waals surface area (Å²) in [4.78, 5) is 17.6. The molecule has 0 unspecified atom stereocenters. The molecule has 0 amide bonds. The summed E-state index contributed by atoms with van der Waals surface area (Å²) < 4.78 is 16.8. The van der Waals surface area contributed by atoms with Gasteiger partial charge in [0.1, 0.15) is 11.3 Å². The maximum absolute atomic E-state index is 15.9. The van der Waals surface area contributed by atoms with E-state index in [0.717, 1.165) is 24.2 Å². The fraction of sp³-hybridized carbons (Fsp3) is 0.286. The molecule has 0 radical (unpaired) electrons. The third-order valence-electron chi connectivity index (χ3n) is 5.78. The highest BCUT2D eigenvalue weighted by atomic mass is 35.5. The van der Waals surface area contributed by atoms with Crippen molar-refractivity contribution in [3.05, 3.63) is 35.1 Å². The maximum Gasteiger partial charge on any atom is 0.228 e. The van der Waals surface area contributed by atoms with Crippen LogP contribution in [0, 0.1) is 5.82 Å². The first kappa shape index (κ1) is 20.2. The van der Waals surface area contributed by atoms with Gasteiger partial charge in [-0.1, -0.05) is 35.1 Å². The smallest absolute Gasteiger partial charge is 0.228 e. The minimum absolute atomic E-state index is 0.149. The monoisotopic (exact) mass is 457 g/mol. The van der Waals surface area contributed by atoms with E-state index in [2.05, 4.69) is 19.9 Å². The van der Waals surface area contributed by atoms with Crippen LogP contribution in [0.5, 0.6) is 0 Å². The Balaban J connectivity index is 1.69. The molecule has 160 valence electrons. The van der Waals surface area contributed by atoms with Crippen molar-refractivity contribution in [2.24, 2.45) is 0 Å². The summed E-state index contributed by atoms with van der Waals surface area (Å²) in [5.41, 5.74) is 13.6. The molecule has 1 atom stereocenters. The van der Waals surface area contributed by atoms with Crippen LogP contribution in [-0.2, 0) is 0 Å². The molecule has 0 bridgehead atoms. The van der Waals surface area contributed by atoms with Crippen LogP contribution in [0.4, 0.5) is 21.3 Å². The van der Waals surface area contributed by atoms with Gasteiger partial charge in [0, 0.05) is 35.6 Å². The molecule has 1 aliphatic heterocycles. The van der Waals surface area contributed by atoms with E-state index < -0.39 is 5.82 Å². The van der Waals surface area contributed by atoms with Gasteiger partial charge in [-0.05, 0) is 32.6 Å². The Morgan fingerprint density at radius 1 is 1.19 bits per heavy atom. The summed E-state index contributed by atoms with van der Waals surface area (Å²) in [6, 6.07) is 7.52. The Kier molecular flexibility index (Phi) is 4.84. The zero-order valence-electron chi connectivity index (χ0n) is 17.1. The summed E-state index contributed by atoms with van der Waals surface area (Å²) in [5, 5.41) is 1.03. The van der Waals surface area contributed by atoms with Gasteiger partial charge in [0.25, 0.3) is 0 Å². The van der Waals surface area contributed by atoms with Gasteiger partial charge in [0.2, 0.25) is 5.95 Å². The first-order chi connectivity index (χ1) is 14.8. The lowest BCUT2D eigenvalue weighted by molar-refractivity contribution is 0.315. The normalized spacial score (nSPS) is 16.8. The number of hydrogen-bond donors (Lipinski definition) is 2. The minimum atomic E-state index is -0.541. The predicted molar refractivity (Wildman–Crippen MR) is 126 cm³/mol. The average molecular weight is 458 g/mol. The zero-order valence-corrected chi connectivity index (χ0v) is 18.6. The molecular weight excluding hydrogens is 437 g/mol. The van der Waals surface area contributed by atoms with Gasteiger partial charge in [-0.15, -0.1) is 0 Å². The second-order valence-electron chi connectivity index (χ2n) is 7.91. The SMILES string of the molecule is CN(C)[C@@H]1CCN(c2nc(N)c3cc(Cl)c(-c4cccc5sc(N)nc45)c(F)c3n2)C1. The zero-order chi connectivity index (χ0) is 21.9. The highest BCUT2D eigenvalue weighted by Gasteiger charge is 2.27. The molecule has 0 aliphatic carbocycles. The fourth-order valence-electron chi connectivity index (χ4n) is 4.11. The molecule has 1 saturated heterocycles. The van der Waals surface area contributed by atoms with E-state index in [1.54, 1.807) is 12.1 Å². The molecule has 0 saturated carbocycles. The van der Waals surface area contributed by atoms with Crippen molar-refractivity contribution in [2.45, 2.75) is 12.5 Å². The van der Waals surface area contributed by atoms with Crippen LogP contribution in [0.3, 0.4) is 0 Å². The van der Waals surface area contributed by atoms with Crippen LogP contribution >= 0.6 is 22.9 Å². The third-order valence-corrected chi connectivity index (χ3v) is 6.93. The summed E-state index contributed by atoms with van der Waals surface area (Å²) in [7, 11) is 4.09. The number of nitrogen functional groups attached to an aromatic ring is 2. The van der Waals surface area contributed by atoms with Gasteiger partial charge in [-0.2, -0.15) is 4.98 Å². The molecule has 2 aromatic heterocycles. The standard InChI is InChI=1S/C21H21ClFN7S/c1-29(2)10-6-7-30(9-10)21-27-18-12(19(24)28-21)8-13(22)15(16(18)23)11-4-3-5-14-17(11)26-20(25)31-14/h3-5,8,10H,6-7,9H2,1-2H3,(H2,25,26)(H2,24,27,28)/t10-/m1/s1. The lowest BCUT2D eigenvalue weighted by Crippen LogP contribution is -2.32. The van der Waals surface area contributed by atoms with E-state index in [9.17, 15) is 0 Å². The number of fused-ring (bicyclic) bond motifs is 2. The summed E-state index contributed by atoms with van der Waals surface area (Å²) in [5.74, 6) is 0.0923. The van der Waals surface area contributed by atoms with Crippen molar-refractivity contribution in [1.29, 1.82) is 0 Å². The van der Waals surface area contributed by atoms with Gasteiger partial charge in [0.15, 0.2) is 10.9 Å². The lowest BCUT2D eigenvalue weighted by Gasteiger charge is -2.21. The van der Waals surface area contributed by atoms with Gasteiger partial charge in [-0.3, -0.25) is 0 Å². The molecule has 0 spiro atoms. The van der Waals surface area contributed by atoms with Crippen LogP contribution in [-0.4, -0.2) is 53.1 Å². The Hall–Kier alpha value is -2.75. The molecule has 31 heavy (non-hydrogen) atoms. The van der Waals surface area contributed by atoms with Crippen molar-refractivity contribution in [2.75, 3.05) is 43.6 Å². The fourth-order valence-corrected chi connectivity index (χ4v) is 5.16. The molecule has 1 fully saturated rings. The van der Waals surface area contributed by atoms with E-state index in [-0.39, 0.29) is 21.9 Å². The summed E-state index contributed by atoms with van der Waals surface area (Å²) in [6.07, 6.45) is 0.982. The molecular formula is C21H21ClFN7S. The number of rotatable bonds is 3. The number of para-hydroxylation sites is 1. The maximum atomic E-state index is 15.9. The first-order valence-corrected chi connectivity index (χ1v) is 11.0. The van der Waals surface area contributed by atoms with Crippen molar-refractivity contribution in [1.82, 2.24) is 19.9 Å². The molecule has 5 rings (SSSR count). The molecule has 1 aliphatic rings. The number of anilines is 3. The second kappa shape index (κ2) is 7.44. The number of benzene rings is 2. The van der Waals surface area contributed by atoms with Gasteiger partial charge in [0.05, 0.1) is 15.2 Å². The highest BCUT2D eigenvalue weighted by Crippen LogP contribution is 2.41. The van der Waals surface area contributed by atoms with Gasteiger partial charge >= 0.3 is 0 Å². The van der Waals surface area contributed by atoms with Crippen LogP contribution in [0.15, 0.2) is 24.3 Å². The number of nitrogens with zero attached hydrogens (tertiary/aromatic N) is 5. The van der Waals surface area contributed by atoms with E-state index in [1.807, 2.05) is 31.1 Å². The number of likely N-dealkylation sites (N-methyl/N-ethyl adjacent to an activating group) is 1. The van der Waals surface area contributed by atoms with Crippen LogP contribution in [0.25, 0.3) is 32.2 Å². The lowest BCUT2D eigenvalue weighted by atomic mass is 10.0. The van der Waals surface area contributed by atoms with Crippen molar-refractivity contribution in [3.63, 3.8) is 0 Å². The first-order valence-electron chi connectivity index (χ1n) is 9.85.